The highest BCUT2D eigenvalue weighted by atomic mass is 16.5. The van der Waals surface area contributed by atoms with Crippen molar-refractivity contribution < 1.29 is 4.74 Å². The lowest BCUT2D eigenvalue weighted by Gasteiger charge is -2.59. The predicted octanol–water partition coefficient (Wildman–Crippen LogP) is 2.22. The smallest absolute Gasteiger partial charge is 0.121 e. The van der Waals surface area contributed by atoms with Crippen molar-refractivity contribution in [2.24, 2.45) is 11.3 Å². The fourth-order valence-electron chi connectivity index (χ4n) is 4.08. The molecular formula is C15H28N2O. The summed E-state index contributed by atoms with van der Waals surface area (Å²) in [7, 11) is 2.21. The Balaban J connectivity index is 1.73. The van der Waals surface area contributed by atoms with Crippen molar-refractivity contribution >= 4 is 0 Å². The molecule has 0 radical (unpaired) electrons. The molecule has 3 aliphatic rings. The quantitative estimate of drug-likeness (QED) is 0.774. The topological polar surface area (TPSA) is 24.5 Å². The Morgan fingerprint density at radius 2 is 1.83 bits per heavy atom. The third-order valence-corrected chi connectivity index (χ3v) is 5.52. The van der Waals surface area contributed by atoms with Crippen molar-refractivity contribution in [3.8, 4) is 0 Å². The number of hydrogen-bond acceptors (Lipinski definition) is 3. The van der Waals surface area contributed by atoms with Crippen LogP contribution in [0.5, 0.6) is 0 Å². The number of ether oxygens (including phenoxy) is 1. The van der Waals surface area contributed by atoms with E-state index in [-0.39, 0.29) is 5.72 Å². The summed E-state index contributed by atoms with van der Waals surface area (Å²) >= 11 is 0. The van der Waals surface area contributed by atoms with Gasteiger partial charge in [-0.3, -0.25) is 5.32 Å². The Labute approximate surface area is 111 Å². The third-order valence-electron chi connectivity index (χ3n) is 5.52. The molecule has 1 unspecified atom stereocenters. The normalized spacial score (nSPS) is 35.0. The molecule has 0 aromatic rings. The first kappa shape index (κ1) is 12.9. The summed E-state index contributed by atoms with van der Waals surface area (Å²) in [6.07, 6.45) is 6.40. The van der Waals surface area contributed by atoms with E-state index in [1.165, 1.54) is 19.3 Å². The summed E-state index contributed by atoms with van der Waals surface area (Å²) < 4.78 is 6.36. The van der Waals surface area contributed by atoms with Crippen LogP contribution in [0.15, 0.2) is 0 Å². The maximum absolute atomic E-state index is 6.36. The van der Waals surface area contributed by atoms with Crippen LogP contribution >= 0.6 is 0 Å². The van der Waals surface area contributed by atoms with Crippen molar-refractivity contribution in [1.82, 2.24) is 10.2 Å². The predicted molar refractivity (Wildman–Crippen MR) is 73.5 cm³/mol. The third kappa shape index (κ3) is 2.00. The van der Waals surface area contributed by atoms with Crippen LogP contribution in [0.1, 0.15) is 46.0 Å². The number of hydrogen-bond donors (Lipinski definition) is 1. The summed E-state index contributed by atoms with van der Waals surface area (Å²) in [4.78, 5) is 2.41. The number of nitrogens with one attached hydrogen (secondary N) is 1. The molecule has 0 aromatic heterocycles. The molecule has 1 atom stereocenters. The van der Waals surface area contributed by atoms with Crippen molar-refractivity contribution in [1.29, 1.82) is 0 Å². The molecule has 0 amide bonds. The lowest BCUT2D eigenvalue weighted by molar-refractivity contribution is -0.210. The number of nitrogens with zero attached hydrogens (tertiary/aromatic N) is 1. The standard InChI is InChI=1S/C15H28N2O/c1-12(2)13-14(5-4-6-14)11-18-15(16-13)7-9-17(3)10-8-15/h12-13,16H,4-11H2,1-3H3. The highest BCUT2D eigenvalue weighted by Gasteiger charge is 2.53. The van der Waals surface area contributed by atoms with Gasteiger partial charge in [0.2, 0.25) is 0 Å². The van der Waals surface area contributed by atoms with E-state index in [1.54, 1.807) is 0 Å². The minimum Gasteiger partial charge on any atom is -0.360 e. The molecule has 0 bridgehead atoms. The van der Waals surface area contributed by atoms with Crippen LogP contribution in [0.3, 0.4) is 0 Å². The Morgan fingerprint density at radius 1 is 1.17 bits per heavy atom. The minimum atomic E-state index is -0.0116. The van der Waals surface area contributed by atoms with Crippen LogP contribution < -0.4 is 5.32 Å². The van der Waals surface area contributed by atoms with Gasteiger partial charge in [-0.25, -0.2) is 0 Å². The maximum atomic E-state index is 6.36. The number of likely N-dealkylation sites (tertiary alicyclic amines) is 1. The summed E-state index contributed by atoms with van der Waals surface area (Å²) in [5, 5.41) is 3.93. The van der Waals surface area contributed by atoms with Crippen LogP contribution in [-0.2, 0) is 4.74 Å². The summed E-state index contributed by atoms with van der Waals surface area (Å²) in [5.41, 5.74) is 0.449. The zero-order chi connectivity index (χ0) is 12.8. The van der Waals surface area contributed by atoms with Crippen molar-refractivity contribution in [2.75, 3.05) is 26.7 Å². The highest BCUT2D eigenvalue weighted by molar-refractivity contribution is 5.05. The Bertz CT molecular complexity index is 304. The van der Waals surface area contributed by atoms with Gasteiger partial charge in [0.15, 0.2) is 0 Å². The van der Waals surface area contributed by atoms with Gasteiger partial charge in [-0.2, -0.15) is 0 Å². The van der Waals surface area contributed by atoms with Gasteiger partial charge < -0.3 is 9.64 Å². The fourth-order valence-corrected chi connectivity index (χ4v) is 4.08. The van der Waals surface area contributed by atoms with Crippen LogP contribution in [0, 0.1) is 11.3 Å². The van der Waals surface area contributed by atoms with Crippen molar-refractivity contribution in [3.05, 3.63) is 0 Å². The molecule has 0 aromatic carbocycles. The molecule has 104 valence electrons. The van der Waals surface area contributed by atoms with Gasteiger partial charge in [0.05, 0.1) is 6.61 Å². The van der Waals surface area contributed by atoms with E-state index < -0.39 is 0 Å². The van der Waals surface area contributed by atoms with E-state index in [1.807, 2.05) is 0 Å². The summed E-state index contributed by atoms with van der Waals surface area (Å²) in [6.45, 7) is 8.04. The average Bonchev–Trinajstić information content (AvgIpc) is 2.31. The lowest BCUT2D eigenvalue weighted by Crippen LogP contribution is -2.69. The van der Waals surface area contributed by atoms with Gasteiger partial charge in [0, 0.05) is 37.4 Å². The molecular weight excluding hydrogens is 224 g/mol. The molecule has 2 heterocycles. The first-order valence-corrected chi connectivity index (χ1v) is 7.66. The van der Waals surface area contributed by atoms with Gasteiger partial charge in [-0.15, -0.1) is 0 Å². The molecule has 2 aliphatic heterocycles. The molecule has 2 spiro atoms. The fraction of sp³-hybridized carbons (Fsp3) is 1.00. The minimum absolute atomic E-state index is 0.0116. The molecule has 1 N–H and O–H groups in total. The lowest BCUT2D eigenvalue weighted by atomic mass is 9.60. The molecule has 3 rings (SSSR count). The molecule has 18 heavy (non-hydrogen) atoms. The summed E-state index contributed by atoms with van der Waals surface area (Å²) in [6, 6.07) is 0.656. The SMILES string of the molecule is CC(C)C1NC2(CCN(C)CC2)OCC12CCC2. The first-order chi connectivity index (χ1) is 8.55. The zero-order valence-electron chi connectivity index (χ0n) is 12.2. The van der Waals surface area contributed by atoms with E-state index in [0.29, 0.717) is 17.4 Å². The Kier molecular flexibility index (Phi) is 3.20. The van der Waals surface area contributed by atoms with Crippen LogP contribution in [0.4, 0.5) is 0 Å². The van der Waals surface area contributed by atoms with E-state index in [9.17, 15) is 0 Å². The molecule has 1 saturated carbocycles. The van der Waals surface area contributed by atoms with Gasteiger partial charge in [-0.05, 0) is 25.8 Å². The second kappa shape index (κ2) is 4.46. The molecule has 1 aliphatic carbocycles. The Morgan fingerprint density at radius 3 is 2.33 bits per heavy atom. The van der Waals surface area contributed by atoms with E-state index in [0.717, 1.165) is 32.5 Å². The van der Waals surface area contributed by atoms with Crippen LogP contribution in [0.25, 0.3) is 0 Å². The second-order valence-electron chi connectivity index (χ2n) is 7.17. The first-order valence-electron chi connectivity index (χ1n) is 7.66. The number of piperidine rings is 1. The van der Waals surface area contributed by atoms with Crippen molar-refractivity contribution in [2.45, 2.75) is 57.7 Å². The maximum Gasteiger partial charge on any atom is 0.121 e. The summed E-state index contributed by atoms with van der Waals surface area (Å²) in [5.74, 6) is 0.714. The van der Waals surface area contributed by atoms with E-state index in [2.05, 4.69) is 31.1 Å². The second-order valence-corrected chi connectivity index (χ2v) is 7.17. The van der Waals surface area contributed by atoms with E-state index in [4.69, 9.17) is 4.74 Å². The van der Waals surface area contributed by atoms with Gasteiger partial charge in [0.1, 0.15) is 5.72 Å². The Hall–Kier alpha value is -0.120. The van der Waals surface area contributed by atoms with Crippen molar-refractivity contribution in [3.63, 3.8) is 0 Å². The molecule has 2 saturated heterocycles. The van der Waals surface area contributed by atoms with Gasteiger partial charge in [-0.1, -0.05) is 20.3 Å². The van der Waals surface area contributed by atoms with Crippen LogP contribution in [0.2, 0.25) is 0 Å². The zero-order valence-corrected chi connectivity index (χ0v) is 12.2. The number of rotatable bonds is 1. The molecule has 3 heteroatoms. The van der Waals surface area contributed by atoms with Crippen LogP contribution in [-0.4, -0.2) is 43.4 Å². The monoisotopic (exact) mass is 252 g/mol. The van der Waals surface area contributed by atoms with Gasteiger partial charge >= 0.3 is 0 Å². The largest absolute Gasteiger partial charge is 0.360 e. The average molecular weight is 252 g/mol. The highest BCUT2D eigenvalue weighted by Crippen LogP contribution is 2.50. The molecule has 3 nitrogen and oxygen atoms in total. The molecule has 3 fully saturated rings. The van der Waals surface area contributed by atoms with E-state index >= 15 is 0 Å². The van der Waals surface area contributed by atoms with Gasteiger partial charge in [0.25, 0.3) is 0 Å².